The van der Waals surface area contributed by atoms with Crippen LogP contribution in [0, 0.1) is 0 Å². The number of aromatic nitrogens is 2. The van der Waals surface area contributed by atoms with Crippen LogP contribution in [0.5, 0.6) is 5.75 Å². The smallest absolute Gasteiger partial charge is 0.207 e. The molecule has 1 aromatic carbocycles. The fourth-order valence-corrected chi connectivity index (χ4v) is 2.37. The molecule has 1 aliphatic rings. The number of carbonyl (C=O) groups excluding carboxylic acids is 1. The predicted octanol–water partition coefficient (Wildman–Crippen LogP) is 2.58. The van der Waals surface area contributed by atoms with Crippen LogP contribution >= 0.6 is 0 Å². The first-order chi connectivity index (χ1) is 12.1. The number of carbonyl (C=O) groups is 1. The summed E-state index contributed by atoms with van der Waals surface area (Å²) in [5.74, 6) is 1.71. The Kier molecular flexibility index (Phi) is 5.99. The lowest BCUT2D eigenvalue weighted by Gasteiger charge is -2.39. The minimum atomic E-state index is -0.780. The van der Waals surface area contributed by atoms with Gasteiger partial charge in [0.2, 0.25) is 6.39 Å². The molecule has 128 valence electrons. The summed E-state index contributed by atoms with van der Waals surface area (Å²) in [4.78, 5) is 21.0. The van der Waals surface area contributed by atoms with E-state index in [1.807, 2.05) is 51.1 Å². The van der Waals surface area contributed by atoms with Gasteiger partial charge in [-0.1, -0.05) is 26.0 Å². The number of amides is 1. The number of nitrogens with zero attached hydrogens (tertiary/aromatic N) is 3. The van der Waals surface area contributed by atoms with Crippen LogP contribution in [0.4, 0.5) is 5.82 Å². The molecular formula is C18H24N4O2. The summed E-state index contributed by atoms with van der Waals surface area (Å²) in [6.07, 6.45) is 2.63. The van der Waals surface area contributed by atoms with Gasteiger partial charge >= 0.3 is 0 Å². The monoisotopic (exact) mass is 330 g/mol. The van der Waals surface area contributed by atoms with Gasteiger partial charge < -0.3 is 15.0 Å². The van der Waals surface area contributed by atoms with Crippen molar-refractivity contribution in [3.8, 4) is 5.75 Å². The molecule has 1 atom stereocenters. The van der Waals surface area contributed by atoms with Gasteiger partial charge in [0.1, 0.15) is 25.4 Å². The molecule has 0 radical (unpaired) electrons. The highest BCUT2D eigenvalue weighted by atomic mass is 16.5. The lowest BCUT2D eigenvalue weighted by Crippen LogP contribution is -2.54. The topological polar surface area (TPSA) is 67.3 Å². The molecule has 2 aromatic rings. The van der Waals surface area contributed by atoms with Crippen LogP contribution in [0.1, 0.15) is 33.7 Å². The van der Waals surface area contributed by atoms with Crippen LogP contribution in [0.15, 0.2) is 42.9 Å². The molecular weight excluding hydrogens is 304 g/mol. The second-order valence-corrected chi connectivity index (χ2v) is 5.25. The first kappa shape index (κ1) is 16.2. The lowest BCUT2D eigenvalue weighted by atomic mass is 10.1. The Morgan fingerprint density at radius 2 is 2.04 bits per heavy atom. The SMILES string of the molecule is CC.[3H]C(=O)NC(C)c1ccc(OC2CN(c3ccncn3)C2)cc1. The summed E-state index contributed by atoms with van der Waals surface area (Å²) in [6, 6.07) is 9.26. The third-order valence-electron chi connectivity index (χ3n) is 3.70. The molecule has 0 bridgehead atoms. The standard InChI is InChI=1S/C16H18N4O2.C2H6/c1-12(19-11-21)13-2-4-14(5-3-13)22-15-8-20(9-15)16-6-7-17-10-18-16;1-2/h2-7,10-12,15H,8-9H2,1H3,(H,19,21);1-2H3/i11T;. The number of hydrogen-bond donors (Lipinski definition) is 1. The Hall–Kier alpha value is -2.63. The summed E-state index contributed by atoms with van der Waals surface area (Å²) in [7, 11) is 0. The number of benzene rings is 1. The van der Waals surface area contributed by atoms with E-state index in [9.17, 15) is 4.79 Å². The fraction of sp³-hybridized carbons (Fsp3) is 0.389. The van der Waals surface area contributed by atoms with Gasteiger partial charge in [0.25, 0.3) is 0 Å². The van der Waals surface area contributed by atoms with Crippen molar-refractivity contribution in [3.05, 3.63) is 48.4 Å². The zero-order chi connectivity index (χ0) is 18.2. The molecule has 1 unspecified atom stereocenters. The summed E-state index contributed by atoms with van der Waals surface area (Å²) in [5.41, 5.74) is 0.939. The molecule has 1 saturated heterocycles. The van der Waals surface area contributed by atoms with Gasteiger partial charge in [-0.2, -0.15) is 0 Å². The van der Waals surface area contributed by atoms with Crippen molar-refractivity contribution < 1.29 is 10.9 Å². The van der Waals surface area contributed by atoms with Gasteiger partial charge in [-0.3, -0.25) is 4.79 Å². The lowest BCUT2D eigenvalue weighted by molar-refractivity contribution is -0.110. The highest BCUT2D eigenvalue weighted by Crippen LogP contribution is 2.23. The van der Waals surface area contributed by atoms with Crippen molar-refractivity contribution >= 4 is 12.2 Å². The molecule has 1 aliphatic heterocycles. The quantitative estimate of drug-likeness (QED) is 0.854. The number of anilines is 1. The molecule has 6 heteroatoms. The number of nitrogens with one attached hydrogen (secondary N) is 1. The molecule has 1 N–H and O–H groups in total. The highest BCUT2D eigenvalue weighted by Gasteiger charge is 2.29. The van der Waals surface area contributed by atoms with Crippen LogP contribution in [-0.4, -0.2) is 35.5 Å². The van der Waals surface area contributed by atoms with Crippen molar-refractivity contribution in [1.29, 1.82) is 0 Å². The van der Waals surface area contributed by atoms with E-state index in [1.165, 1.54) is 0 Å². The van der Waals surface area contributed by atoms with Gasteiger partial charge in [0.05, 0.1) is 19.1 Å². The normalized spacial score (nSPS) is 15.3. The van der Waals surface area contributed by atoms with Gasteiger partial charge in [-0.25, -0.2) is 9.97 Å². The molecule has 3 rings (SSSR count). The third kappa shape index (κ3) is 4.44. The number of rotatable bonds is 5. The predicted molar refractivity (Wildman–Crippen MR) is 94.1 cm³/mol. The van der Waals surface area contributed by atoms with Crippen LogP contribution in [0.3, 0.4) is 0 Å². The zero-order valence-corrected chi connectivity index (χ0v) is 14.3. The Bertz CT molecular complexity index is 661. The Morgan fingerprint density at radius 3 is 2.62 bits per heavy atom. The van der Waals surface area contributed by atoms with Crippen LogP contribution < -0.4 is 15.0 Å². The van der Waals surface area contributed by atoms with Crippen molar-refractivity contribution in [3.63, 3.8) is 0 Å². The molecule has 6 nitrogen and oxygen atoms in total. The second kappa shape index (κ2) is 8.86. The average Bonchev–Trinajstić information content (AvgIpc) is 2.60. The largest absolute Gasteiger partial charge is 0.487 e. The number of ether oxygens (including phenoxy) is 1. The van der Waals surface area contributed by atoms with E-state index in [1.54, 1.807) is 12.5 Å². The minimum absolute atomic E-state index is 0.140. The Morgan fingerprint density at radius 1 is 1.33 bits per heavy atom. The second-order valence-electron chi connectivity index (χ2n) is 5.25. The Balaban J connectivity index is 0.00000109. The van der Waals surface area contributed by atoms with Gasteiger partial charge in [0.15, 0.2) is 0 Å². The molecule has 1 amide bonds. The minimum Gasteiger partial charge on any atom is -0.487 e. The number of hydrogen-bond acceptors (Lipinski definition) is 5. The van der Waals surface area contributed by atoms with Gasteiger partial charge in [-0.05, 0) is 30.7 Å². The van der Waals surface area contributed by atoms with Crippen LogP contribution in [-0.2, 0) is 4.79 Å². The van der Waals surface area contributed by atoms with E-state index in [0.717, 1.165) is 30.2 Å². The first-order valence-electron chi connectivity index (χ1n) is 8.66. The third-order valence-corrected chi connectivity index (χ3v) is 3.70. The van der Waals surface area contributed by atoms with E-state index in [2.05, 4.69) is 20.2 Å². The molecule has 24 heavy (non-hydrogen) atoms. The highest BCUT2D eigenvalue weighted by molar-refractivity contribution is 5.48. The summed E-state index contributed by atoms with van der Waals surface area (Å²) in [6.45, 7) is 7.43. The zero-order valence-electron chi connectivity index (χ0n) is 15.3. The molecule has 1 fully saturated rings. The van der Waals surface area contributed by atoms with Gasteiger partial charge in [0, 0.05) is 6.20 Å². The maximum Gasteiger partial charge on any atom is 0.207 e. The van der Waals surface area contributed by atoms with Crippen LogP contribution in [0.2, 0.25) is 0 Å². The summed E-state index contributed by atoms with van der Waals surface area (Å²) in [5, 5.41) is 2.53. The van der Waals surface area contributed by atoms with Crippen molar-refractivity contribution in [2.24, 2.45) is 0 Å². The molecule has 1 aromatic heterocycles. The fourth-order valence-electron chi connectivity index (χ4n) is 2.37. The maximum absolute atomic E-state index is 10.8. The van der Waals surface area contributed by atoms with E-state index in [0.29, 0.717) is 0 Å². The molecule has 0 aliphatic carbocycles. The van der Waals surface area contributed by atoms with Crippen molar-refractivity contribution in [1.82, 2.24) is 15.3 Å². The molecule has 0 spiro atoms. The summed E-state index contributed by atoms with van der Waals surface area (Å²) < 4.78 is 12.8. The van der Waals surface area contributed by atoms with Gasteiger partial charge in [-0.15, -0.1) is 0 Å². The average molecular weight is 330 g/mol. The first-order valence-corrected chi connectivity index (χ1v) is 8.16. The Labute approximate surface area is 144 Å². The van der Waals surface area contributed by atoms with E-state index in [-0.39, 0.29) is 12.1 Å². The molecule has 0 saturated carbocycles. The molecule has 2 heterocycles. The van der Waals surface area contributed by atoms with Crippen molar-refractivity contribution in [2.45, 2.75) is 32.9 Å². The maximum atomic E-state index is 10.8. The van der Waals surface area contributed by atoms with E-state index in [4.69, 9.17) is 6.11 Å². The van der Waals surface area contributed by atoms with E-state index < -0.39 is 6.39 Å². The van der Waals surface area contributed by atoms with Crippen molar-refractivity contribution in [2.75, 3.05) is 18.0 Å². The van der Waals surface area contributed by atoms with Crippen LogP contribution in [0.25, 0.3) is 0 Å². The van der Waals surface area contributed by atoms with E-state index >= 15 is 0 Å². The summed E-state index contributed by atoms with van der Waals surface area (Å²) >= 11 is 0.